The van der Waals surface area contributed by atoms with Crippen LogP contribution in [0, 0.1) is 16.2 Å². The van der Waals surface area contributed by atoms with Gasteiger partial charge in [0.05, 0.1) is 5.57 Å². The van der Waals surface area contributed by atoms with Gasteiger partial charge in [0, 0.05) is 0 Å². The summed E-state index contributed by atoms with van der Waals surface area (Å²) >= 11 is 0. The Kier molecular flexibility index (Phi) is 4.04. The van der Waals surface area contributed by atoms with Gasteiger partial charge in [-0.2, -0.15) is 5.26 Å². The molecule has 0 aliphatic heterocycles. The largest absolute Gasteiger partial charge is 0.192 e. The lowest BCUT2D eigenvalue weighted by atomic mass is 9.91. The zero-order chi connectivity index (χ0) is 13.7. The number of nitriles is 1. The van der Waals surface area contributed by atoms with Crippen LogP contribution in [-0.2, 0) is 0 Å². The Bertz CT molecular complexity index is 603. The molecule has 2 rings (SSSR count). The molecule has 94 valence electrons. The molecule has 19 heavy (non-hydrogen) atoms. The van der Waals surface area contributed by atoms with Crippen molar-refractivity contribution in [1.82, 2.24) is 0 Å². The van der Waals surface area contributed by atoms with Crippen LogP contribution in [0.5, 0.6) is 0 Å². The van der Waals surface area contributed by atoms with Crippen LogP contribution in [0.15, 0.2) is 64.9 Å². The molecular weight excluding hydrogens is 236 g/mol. The molecule has 1 aromatic rings. The first-order valence-electron chi connectivity index (χ1n) is 6.21. The van der Waals surface area contributed by atoms with Gasteiger partial charge in [0.2, 0.25) is 0 Å². The summed E-state index contributed by atoms with van der Waals surface area (Å²) in [6, 6.07) is 11.4. The zero-order valence-corrected chi connectivity index (χ0v) is 10.7. The maximum atomic E-state index is 10.7. The molecule has 1 aromatic carbocycles. The molecule has 1 atom stereocenters. The molecular formula is C16H14N2O. The standard InChI is InChI=1S/C16H14N2O/c1-2-12-10-14(8-9-16(12)18-19)15(11-17)13-6-4-3-5-7-13/h3-10,16H,2H2,1H3. The SMILES string of the molecule is CCC1=CC(=C(C#N)c2ccccc2)C=CC1N=O. The molecule has 0 amide bonds. The maximum absolute atomic E-state index is 10.7. The molecule has 0 aromatic heterocycles. The molecule has 3 heteroatoms. The van der Waals surface area contributed by atoms with Crippen LogP contribution in [0.1, 0.15) is 18.9 Å². The first-order chi connectivity index (χ1) is 9.30. The van der Waals surface area contributed by atoms with E-state index in [2.05, 4.69) is 11.2 Å². The fourth-order valence-corrected chi connectivity index (χ4v) is 2.12. The van der Waals surface area contributed by atoms with Gasteiger partial charge in [-0.05, 0) is 23.1 Å². The van der Waals surface area contributed by atoms with E-state index >= 15 is 0 Å². The van der Waals surface area contributed by atoms with Gasteiger partial charge in [-0.15, -0.1) is 4.91 Å². The Hall–Kier alpha value is -2.47. The second-order valence-electron chi connectivity index (χ2n) is 4.29. The minimum absolute atomic E-state index is 0.399. The third kappa shape index (κ3) is 2.69. The number of nitroso groups, excluding NO2 is 1. The predicted octanol–water partition coefficient (Wildman–Crippen LogP) is 4.00. The fourth-order valence-electron chi connectivity index (χ4n) is 2.12. The van der Waals surface area contributed by atoms with E-state index < -0.39 is 6.04 Å². The first kappa shape index (κ1) is 13.0. The van der Waals surface area contributed by atoms with Gasteiger partial charge in [0.25, 0.3) is 0 Å². The van der Waals surface area contributed by atoms with Gasteiger partial charge in [0.1, 0.15) is 12.1 Å². The quantitative estimate of drug-likeness (QED) is 0.601. The van der Waals surface area contributed by atoms with E-state index in [1.54, 1.807) is 12.2 Å². The van der Waals surface area contributed by atoms with Gasteiger partial charge >= 0.3 is 0 Å². The Morgan fingerprint density at radius 2 is 2.11 bits per heavy atom. The summed E-state index contributed by atoms with van der Waals surface area (Å²) in [5.41, 5.74) is 3.28. The zero-order valence-electron chi connectivity index (χ0n) is 10.7. The predicted molar refractivity (Wildman–Crippen MR) is 76.1 cm³/mol. The van der Waals surface area contributed by atoms with E-state index in [1.807, 2.05) is 43.3 Å². The molecule has 0 bridgehead atoms. The smallest absolute Gasteiger partial charge is 0.132 e. The summed E-state index contributed by atoms with van der Waals surface area (Å²) in [7, 11) is 0. The number of hydrogen-bond donors (Lipinski definition) is 0. The van der Waals surface area contributed by atoms with E-state index in [0.29, 0.717) is 5.57 Å². The number of allylic oxidation sites excluding steroid dienone is 4. The van der Waals surface area contributed by atoms with Crippen LogP contribution in [0.25, 0.3) is 5.57 Å². The highest BCUT2D eigenvalue weighted by Crippen LogP contribution is 2.27. The van der Waals surface area contributed by atoms with Crippen molar-refractivity contribution in [2.75, 3.05) is 0 Å². The maximum Gasteiger partial charge on any atom is 0.132 e. The molecule has 0 fully saturated rings. The highest BCUT2D eigenvalue weighted by Gasteiger charge is 2.16. The monoisotopic (exact) mass is 250 g/mol. The third-order valence-electron chi connectivity index (χ3n) is 3.16. The Morgan fingerprint density at radius 1 is 1.37 bits per heavy atom. The minimum atomic E-state index is -0.399. The van der Waals surface area contributed by atoms with Crippen molar-refractivity contribution in [3.63, 3.8) is 0 Å². The van der Waals surface area contributed by atoms with Crippen LogP contribution in [0.2, 0.25) is 0 Å². The van der Waals surface area contributed by atoms with Crippen molar-refractivity contribution in [2.24, 2.45) is 5.18 Å². The van der Waals surface area contributed by atoms with E-state index in [0.717, 1.165) is 23.1 Å². The van der Waals surface area contributed by atoms with E-state index in [9.17, 15) is 10.2 Å². The van der Waals surface area contributed by atoms with Crippen LogP contribution in [0.4, 0.5) is 0 Å². The van der Waals surface area contributed by atoms with Crippen LogP contribution >= 0.6 is 0 Å². The molecule has 0 saturated carbocycles. The molecule has 1 aliphatic rings. The van der Waals surface area contributed by atoms with E-state index in [-0.39, 0.29) is 0 Å². The topological polar surface area (TPSA) is 53.2 Å². The lowest BCUT2D eigenvalue weighted by molar-refractivity contribution is 0.867. The number of hydrogen-bond acceptors (Lipinski definition) is 3. The molecule has 0 radical (unpaired) electrons. The summed E-state index contributed by atoms with van der Waals surface area (Å²) < 4.78 is 0. The van der Waals surface area contributed by atoms with Gasteiger partial charge in [0.15, 0.2) is 0 Å². The number of rotatable bonds is 3. The van der Waals surface area contributed by atoms with Crippen molar-refractivity contribution in [3.8, 4) is 6.07 Å². The second kappa shape index (κ2) is 5.92. The van der Waals surface area contributed by atoms with Gasteiger partial charge in [-0.1, -0.05) is 60.7 Å². The van der Waals surface area contributed by atoms with Crippen LogP contribution < -0.4 is 0 Å². The average Bonchev–Trinajstić information content (AvgIpc) is 2.49. The average molecular weight is 250 g/mol. The molecule has 0 N–H and O–H groups in total. The summed E-state index contributed by atoms with van der Waals surface area (Å²) in [6.45, 7) is 1.98. The third-order valence-corrected chi connectivity index (χ3v) is 3.16. The van der Waals surface area contributed by atoms with Crippen molar-refractivity contribution < 1.29 is 0 Å². The Balaban J connectivity index is 2.50. The summed E-state index contributed by atoms with van der Waals surface area (Å²) in [6.07, 6.45) is 6.20. The number of benzene rings is 1. The highest BCUT2D eigenvalue weighted by molar-refractivity contribution is 5.83. The molecule has 3 nitrogen and oxygen atoms in total. The fraction of sp³-hybridized carbons (Fsp3) is 0.188. The van der Waals surface area contributed by atoms with Gasteiger partial charge in [-0.25, -0.2) is 0 Å². The van der Waals surface area contributed by atoms with Crippen LogP contribution in [-0.4, -0.2) is 6.04 Å². The molecule has 1 unspecified atom stereocenters. The van der Waals surface area contributed by atoms with Gasteiger partial charge in [-0.3, -0.25) is 0 Å². The van der Waals surface area contributed by atoms with Gasteiger partial charge < -0.3 is 0 Å². The highest BCUT2D eigenvalue weighted by atomic mass is 16.3. The molecule has 1 aliphatic carbocycles. The van der Waals surface area contributed by atoms with Crippen molar-refractivity contribution in [1.29, 1.82) is 5.26 Å². The summed E-state index contributed by atoms with van der Waals surface area (Å²) in [5.74, 6) is 0. The summed E-state index contributed by atoms with van der Waals surface area (Å²) in [4.78, 5) is 10.7. The Morgan fingerprint density at radius 3 is 2.68 bits per heavy atom. The first-order valence-corrected chi connectivity index (χ1v) is 6.21. The summed E-state index contributed by atoms with van der Waals surface area (Å²) in [5, 5.41) is 12.4. The molecule has 0 spiro atoms. The van der Waals surface area contributed by atoms with Crippen LogP contribution in [0.3, 0.4) is 0 Å². The lowest BCUT2D eigenvalue weighted by Gasteiger charge is -2.14. The second-order valence-corrected chi connectivity index (χ2v) is 4.29. The Labute approximate surface area is 112 Å². The van der Waals surface area contributed by atoms with E-state index in [4.69, 9.17) is 0 Å². The molecule has 0 saturated heterocycles. The lowest BCUT2D eigenvalue weighted by Crippen LogP contribution is -2.07. The number of nitrogens with zero attached hydrogens (tertiary/aromatic N) is 2. The molecule has 0 heterocycles. The normalized spacial score (nSPS) is 20.4. The minimum Gasteiger partial charge on any atom is -0.192 e. The van der Waals surface area contributed by atoms with Crippen molar-refractivity contribution in [2.45, 2.75) is 19.4 Å². The van der Waals surface area contributed by atoms with E-state index in [1.165, 1.54) is 0 Å². The van der Waals surface area contributed by atoms with Crippen molar-refractivity contribution in [3.05, 3.63) is 70.2 Å². The van der Waals surface area contributed by atoms with Crippen molar-refractivity contribution >= 4 is 5.57 Å².